The summed E-state index contributed by atoms with van der Waals surface area (Å²) < 4.78 is 0. The molecule has 2 unspecified atom stereocenters. The van der Waals surface area contributed by atoms with Crippen LogP contribution >= 0.6 is 0 Å². The number of hydrogen-bond acceptors (Lipinski definition) is 2. The minimum absolute atomic E-state index is 0.127. The summed E-state index contributed by atoms with van der Waals surface area (Å²) >= 11 is 0. The Hall–Kier alpha value is -1.26. The fraction of sp³-hybridized carbons (Fsp3) is 0.846. The molecule has 1 heterocycles. The molecule has 1 rings (SSSR count). The van der Waals surface area contributed by atoms with E-state index < -0.39 is 11.9 Å². The molecule has 0 aromatic carbocycles. The number of rotatable bonds is 5. The number of carbonyl (C=O) groups excluding carboxylic acids is 1. The Labute approximate surface area is 109 Å². The summed E-state index contributed by atoms with van der Waals surface area (Å²) in [6, 6.07) is -0.127. The summed E-state index contributed by atoms with van der Waals surface area (Å²) in [7, 11) is 0. The molecule has 104 valence electrons. The average Bonchev–Trinajstić information content (AvgIpc) is 2.78. The maximum Gasteiger partial charge on any atom is 0.317 e. The maximum atomic E-state index is 11.9. The number of likely N-dealkylation sites (tertiary alicyclic amines) is 1. The van der Waals surface area contributed by atoms with Crippen molar-refractivity contribution in [3.63, 3.8) is 0 Å². The van der Waals surface area contributed by atoms with Crippen molar-refractivity contribution in [3.8, 4) is 0 Å². The number of nitrogens with one attached hydrogen (secondary N) is 1. The summed E-state index contributed by atoms with van der Waals surface area (Å²) in [6.45, 7) is 7.93. The third kappa shape index (κ3) is 3.89. The van der Waals surface area contributed by atoms with Crippen LogP contribution in [0.5, 0.6) is 0 Å². The minimum Gasteiger partial charge on any atom is -0.481 e. The van der Waals surface area contributed by atoms with Gasteiger partial charge in [0.1, 0.15) is 0 Å². The zero-order chi connectivity index (χ0) is 13.7. The molecule has 2 N–H and O–H groups in total. The molecule has 2 atom stereocenters. The van der Waals surface area contributed by atoms with E-state index in [1.807, 2.05) is 6.92 Å². The van der Waals surface area contributed by atoms with E-state index in [4.69, 9.17) is 5.11 Å². The van der Waals surface area contributed by atoms with Gasteiger partial charge in [0.2, 0.25) is 0 Å². The van der Waals surface area contributed by atoms with Crippen LogP contribution in [0, 0.1) is 17.8 Å². The second-order valence-electron chi connectivity index (χ2n) is 5.37. The van der Waals surface area contributed by atoms with E-state index in [0.717, 1.165) is 19.5 Å². The second kappa shape index (κ2) is 6.61. The molecular weight excluding hydrogens is 232 g/mol. The molecule has 2 amide bonds. The summed E-state index contributed by atoms with van der Waals surface area (Å²) in [6.07, 6.45) is 1.57. The minimum atomic E-state index is -0.848. The number of carboxylic acids is 1. The van der Waals surface area contributed by atoms with Gasteiger partial charge in [-0.05, 0) is 24.7 Å². The van der Waals surface area contributed by atoms with E-state index in [1.54, 1.807) is 4.90 Å². The van der Waals surface area contributed by atoms with Crippen LogP contribution < -0.4 is 5.32 Å². The first-order chi connectivity index (χ1) is 8.45. The fourth-order valence-electron chi connectivity index (χ4n) is 2.24. The Kier molecular flexibility index (Phi) is 5.44. The van der Waals surface area contributed by atoms with Crippen molar-refractivity contribution >= 4 is 12.0 Å². The lowest BCUT2D eigenvalue weighted by molar-refractivity contribution is -0.141. The van der Waals surface area contributed by atoms with Crippen LogP contribution in [0.15, 0.2) is 0 Å². The van der Waals surface area contributed by atoms with Crippen LogP contribution in [-0.4, -0.2) is 41.6 Å². The van der Waals surface area contributed by atoms with Crippen molar-refractivity contribution in [2.24, 2.45) is 17.8 Å². The van der Waals surface area contributed by atoms with Crippen molar-refractivity contribution in [1.29, 1.82) is 0 Å². The molecule has 0 aliphatic carbocycles. The molecular formula is C13H24N2O3. The third-order valence-electron chi connectivity index (χ3n) is 3.80. The van der Waals surface area contributed by atoms with Gasteiger partial charge >= 0.3 is 12.0 Å². The molecule has 1 aliphatic rings. The Morgan fingerprint density at radius 1 is 1.44 bits per heavy atom. The van der Waals surface area contributed by atoms with Crippen molar-refractivity contribution in [1.82, 2.24) is 10.2 Å². The van der Waals surface area contributed by atoms with Gasteiger partial charge in [-0.25, -0.2) is 4.79 Å². The van der Waals surface area contributed by atoms with Crippen LogP contribution in [0.1, 0.15) is 33.6 Å². The van der Waals surface area contributed by atoms with E-state index in [9.17, 15) is 9.59 Å². The first kappa shape index (κ1) is 14.8. The zero-order valence-electron chi connectivity index (χ0n) is 11.5. The van der Waals surface area contributed by atoms with Crippen LogP contribution in [0.2, 0.25) is 0 Å². The SMILES string of the molecule is CCC(CNC(=O)N1CCC(C(C)C)C1)C(=O)O. The Bertz CT molecular complexity index is 305. The van der Waals surface area contributed by atoms with Gasteiger partial charge in [0.25, 0.3) is 0 Å². The smallest absolute Gasteiger partial charge is 0.317 e. The molecule has 0 bridgehead atoms. The second-order valence-corrected chi connectivity index (χ2v) is 5.37. The average molecular weight is 256 g/mol. The van der Waals surface area contributed by atoms with Gasteiger partial charge in [-0.2, -0.15) is 0 Å². The molecule has 0 aromatic heterocycles. The highest BCUT2D eigenvalue weighted by Gasteiger charge is 2.28. The van der Waals surface area contributed by atoms with Gasteiger partial charge in [-0.3, -0.25) is 4.79 Å². The lowest BCUT2D eigenvalue weighted by atomic mass is 9.95. The first-order valence-electron chi connectivity index (χ1n) is 6.71. The molecule has 0 radical (unpaired) electrons. The highest BCUT2D eigenvalue weighted by molar-refractivity contribution is 5.76. The molecule has 0 aromatic rings. The van der Waals surface area contributed by atoms with Crippen molar-refractivity contribution < 1.29 is 14.7 Å². The van der Waals surface area contributed by atoms with Crippen molar-refractivity contribution in [3.05, 3.63) is 0 Å². The number of urea groups is 1. The number of nitrogens with zero attached hydrogens (tertiary/aromatic N) is 1. The van der Waals surface area contributed by atoms with Crippen LogP contribution in [-0.2, 0) is 4.79 Å². The summed E-state index contributed by atoms with van der Waals surface area (Å²) in [4.78, 5) is 24.5. The van der Waals surface area contributed by atoms with Gasteiger partial charge in [0.15, 0.2) is 0 Å². The van der Waals surface area contributed by atoms with Crippen LogP contribution in [0.3, 0.4) is 0 Å². The highest BCUT2D eigenvalue weighted by Crippen LogP contribution is 2.23. The third-order valence-corrected chi connectivity index (χ3v) is 3.80. The Balaban J connectivity index is 2.36. The van der Waals surface area contributed by atoms with E-state index in [-0.39, 0.29) is 12.6 Å². The quantitative estimate of drug-likeness (QED) is 0.787. The molecule has 0 saturated carbocycles. The van der Waals surface area contributed by atoms with Gasteiger partial charge in [0.05, 0.1) is 5.92 Å². The Morgan fingerprint density at radius 2 is 2.11 bits per heavy atom. The van der Waals surface area contributed by atoms with Gasteiger partial charge in [0, 0.05) is 19.6 Å². The molecule has 0 spiro atoms. The standard InChI is InChI=1S/C13H24N2O3/c1-4-10(12(16)17)7-14-13(18)15-6-5-11(8-15)9(2)3/h9-11H,4-8H2,1-3H3,(H,14,18)(H,16,17). The van der Waals surface area contributed by atoms with Crippen molar-refractivity contribution in [2.45, 2.75) is 33.6 Å². The molecule has 18 heavy (non-hydrogen) atoms. The molecule has 5 heteroatoms. The number of amides is 2. The van der Waals surface area contributed by atoms with E-state index in [1.165, 1.54) is 0 Å². The number of carbonyl (C=O) groups is 2. The lowest BCUT2D eigenvalue weighted by Gasteiger charge is -2.20. The van der Waals surface area contributed by atoms with E-state index in [2.05, 4.69) is 19.2 Å². The predicted octanol–water partition coefficient (Wildman–Crippen LogP) is 1.78. The number of aliphatic carboxylic acids is 1. The topological polar surface area (TPSA) is 69.6 Å². The number of carboxylic acid groups (broad SMARTS) is 1. The van der Waals surface area contributed by atoms with Crippen molar-refractivity contribution in [2.75, 3.05) is 19.6 Å². The Morgan fingerprint density at radius 3 is 2.56 bits per heavy atom. The van der Waals surface area contributed by atoms with E-state index in [0.29, 0.717) is 18.3 Å². The number of hydrogen-bond donors (Lipinski definition) is 2. The largest absolute Gasteiger partial charge is 0.481 e. The maximum absolute atomic E-state index is 11.9. The van der Waals surface area contributed by atoms with Gasteiger partial charge in [-0.1, -0.05) is 20.8 Å². The molecule has 1 saturated heterocycles. The zero-order valence-corrected chi connectivity index (χ0v) is 11.5. The molecule has 1 fully saturated rings. The molecule has 5 nitrogen and oxygen atoms in total. The van der Waals surface area contributed by atoms with Crippen LogP contribution in [0.4, 0.5) is 4.79 Å². The van der Waals surface area contributed by atoms with Gasteiger partial charge in [-0.15, -0.1) is 0 Å². The monoisotopic (exact) mass is 256 g/mol. The highest BCUT2D eigenvalue weighted by atomic mass is 16.4. The van der Waals surface area contributed by atoms with Gasteiger partial charge < -0.3 is 15.3 Å². The predicted molar refractivity (Wildman–Crippen MR) is 69.3 cm³/mol. The summed E-state index contributed by atoms with van der Waals surface area (Å²) in [5.41, 5.74) is 0. The summed E-state index contributed by atoms with van der Waals surface area (Å²) in [5.74, 6) is -0.181. The lowest BCUT2D eigenvalue weighted by Crippen LogP contribution is -2.42. The fourth-order valence-corrected chi connectivity index (χ4v) is 2.24. The first-order valence-corrected chi connectivity index (χ1v) is 6.71. The van der Waals surface area contributed by atoms with E-state index >= 15 is 0 Å². The molecule has 1 aliphatic heterocycles. The normalized spacial score (nSPS) is 21.1. The summed E-state index contributed by atoms with van der Waals surface area (Å²) in [5, 5.41) is 11.6. The van der Waals surface area contributed by atoms with Crippen LogP contribution in [0.25, 0.3) is 0 Å².